The van der Waals surface area contributed by atoms with Gasteiger partial charge in [-0.15, -0.1) is 11.3 Å². The number of nitrogens with two attached hydrogens (primary N) is 1. The summed E-state index contributed by atoms with van der Waals surface area (Å²) in [5.74, 6) is 1.05. The zero-order valence-electron chi connectivity index (χ0n) is 10.1. The molecule has 1 unspecified atom stereocenters. The molecular formula is C12H15Br2N3S. The molecule has 0 bridgehead atoms. The summed E-state index contributed by atoms with van der Waals surface area (Å²) in [4.78, 5) is 4.40. The van der Waals surface area contributed by atoms with Crippen LogP contribution in [0, 0.1) is 0 Å². The smallest absolute Gasteiger partial charge is 0.110 e. The van der Waals surface area contributed by atoms with E-state index in [4.69, 9.17) is 5.73 Å². The average Bonchev–Trinajstić information content (AvgIpc) is 2.87. The number of aryl methyl sites for hydroxylation is 1. The van der Waals surface area contributed by atoms with Gasteiger partial charge >= 0.3 is 0 Å². The second-order valence-electron chi connectivity index (χ2n) is 4.13. The van der Waals surface area contributed by atoms with Gasteiger partial charge in [-0.05, 0) is 49.9 Å². The standard InChI is InChI=1S/C12H15Br2N3S/c1-2-4-17-5-3-16-11(17)7-9(15)8-6-10(13)18-12(8)14/h3,5-6,9H,2,4,7,15H2,1H3. The molecule has 1 atom stereocenters. The van der Waals surface area contributed by atoms with Gasteiger partial charge in [-0.1, -0.05) is 6.92 Å². The molecule has 2 rings (SSSR count). The number of hydrogen-bond acceptors (Lipinski definition) is 3. The van der Waals surface area contributed by atoms with Gasteiger partial charge in [0.15, 0.2) is 0 Å². The van der Waals surface area contributed by atoms with Crippen LogP contribution in [0.15, 0.2) is 26.0 Å². The lowest BCUT2D eigenvalue weighted by Gasteiger charge is -2.12. The topological polar surface area (TPSA) is 43.8 Å². The van der Waals surface area contributed by atoms with E-state index in [1.165, 1.54) is 0 Å². The molecule has 0 amide bonds. The van der Waals surface area contributed by atoms with E-state index in [1.807, 2.05) is 12.4 Å². The molecule has 2 heterocycles. The number of aromatic nitrogens is 2. The number of thiophene rings is 1. The highest BCUT2D eigenvalue weighted by atomic mass is 79.9. The van der Waals surface area contributed by atoms with Crippen molar-refractivity contribution in [3.8, 4) is 0 Å². The van der Waals surface area contributed by atoms with Crippen molar-refractivity contribution in [3.63, 3.8) is 0 Å². The molecule has 0 aromatic carbocycles. The molecule has 0 fully saturated rings. The lowest BCUT2D eigenvalue weighted by molar-refractivity contribution is 0.598. The van der Waals surface area contributed by atoms with E-state index >= 15 is 0 Å². The van der Waals surface area contributed by atoms with E-state index in [-0.39, 0.29) is 6.04 Å². The number of nitrogens with zero attached hydrogens (tertiary/aromatic N) is 2. The normalized spacial score (nSPS) is 12.9. The van der Waals surface area contributed by atoms with Crippen LogP contribution < -0.4 is 5.73 Å². The van der Waals surface area contributed by atoms with Gasteiger partial charge in [0.05, 0.1) is 7.57 Å². The average molecular weight is 393 g/mol. The van der Waals surface area contributed by atoms with Crippen molar-refractivity contribution in [2.45, 2.75) is 32.4 Å². The van der Waals surface area contributed by atoms with Crippen molar-refractivity contribution in [1.82, 2.24) is 9.55 Å². The monoisotopic (exact) mass is 391 g/mol. The molecular weight excluding hydrogens is 378 g/mol. The summed E-state index contributed by atoms with van der Waals surface area (Å²) in [7, 11) is 0. The molecule has 0 saturated carbocycles. The highest BCUT2D eigenvalue weighted by molar-refractivity contribution is 9.12. The maximum Gasteiger partial charge on any atom is 0.110 e. The summed E-state index contributed by atoms with van der Waals surface area (Å²) in [5, 5.41) is 0. The summed E-state index contributed by atoms with van der Waals surface area (Å²) in [6, 6.07) is 2.05. The van der Waals surface area contributed by atoms with Crippen molar-refractivity contribution in [1.29, 1.82) is 0 Å². The van der Waals surface area contributed by atoms with Crippen molar-refractivity contribution < 1.29 is 0 Å². The van der Waals surface area contributed by atoms with Gasteiger partial charge in [-0.25, -0.2) is 4.98 Å². The molecule has 0 radical (unpaired) electrons. The first-order valence-corrected chi connectivity index (χ1v) is 8.22. The summed E-state index contributed by atoms with van der Waals surface area (Å²) >= 11 is 8.68. The van der Waals surface area contributed by atoms with Gasteiger partial charge in [0.2, 0.25) is 0 Å². The second-order valence-corrected chi connectivity index (χ2v) is 7.88. The molecule has 0 spiro atoms. The van der Waals surface area contributed by atoms with E-state index in [0.29, 0.717) is 0 Å². The van der Waals surface area contributed by atoms with Crippen LogP contribution in [0.4, 0.5) is 0 Å². The molecule has 3 nitrogen and oxygen atoms in total. The lowest BCUT2D eigenvalue weighted by atomic mass is 10.1. The first-order chi connectivity index (χ1) is 8.61. The first kappa shape index (κ1) is 14.2. The molecule has 0 aliphatic heterocycles. The summed E-state index contributed by atoms with van der Waals surface area (Å²) in [5.41, 5.74) is 7.40. The Morgan fingerprint density at radius 1 is 1.50 bits per heavy atom. The molecule has 2 N–H and O–H groups in total. The quantitative estimate of drug-likeness (QED) is 0.831. The molecule has 6 heteroatoms. The molecule has 2 aromatic heterocycles. The third-order valence-corrected chi connectivity index (χ3v) is 5.14. The van der Waals surface area contributed by atoms with E-state index in [9.17, 15) is 0 Å². The minimum Gasteiger partial charge on any atom is -0.335 e. The molecule has 98 valence electrons. The number of hydrogen-bond donors (Lipinski definition) is 1. The van der Waals surface area contributed by atoms with Crippen LogP contribution in [0.3, 0.4) is 0 Å². The van der Waals surface area contributed by atoms with Gasteiger partial charge in [-0.2, -0.15) is 0 Å². The Balaban J connectivity index is 2.13. The Labute approximate surface area is 128 Å². The summed E-state index contributed by atoms with van der Waals surface area (Å²) in [6.45, 7) is 3.16. The van der Waals surface area contributed by atoms with Crippen LogP contribution in [0.2, 0.25) is 0 Å². The number of imidazole rings is 1. The Hall–Kier alpha value is -0.170. The fraction of sp³-hybridized carbons (Fsp3) is 0.417. The number of rotatable bonds is 5. The van der Waals surface area contributed by atoms with E-state index in [1.54, 1.807) is 11.3 Å². The molecule has 18 heavy (non-hydrogen) atoms. The minimum absolute atomic E-state index is 0.0278. The van der Waals surface area contributed by atoms with Crippen LogP contribution in [0.5, 0.6) is 0 Å². The van der Waals surface area contributed by atoms with Crippen molar-refractivity contribution in [2.75, 3.05) is 0 Å². The highest BCUT2D eigenvalue weighted by Crippen LogP contribution is 2.35. The lowest BCUT2D eigenvalue weighted by Crippen LogP contribution is -2.16. The maximum absolute atomic E-state index is 6.27. The number of halogens is 2. The highest BCUT2D eigenvalue weighted by Gasteiger charge is 2.16. The van der Waals surface area contributed by atoms with Crippen LogP contribution in [0.1, 0.15) is 30.8 Å². The minimum atomic E-state index is -0.0278. The van der Waals surface area contributed by atoms with Crippen LogP contribution in [0.25, 0.3) is 0 Å². The fourth-order valence-electron chi connectivity index (χ4n) is 1.89. The molecule has 0 aliphatic carbocycles. The zero-order valence-corrected chi connectivity index (χ0v) is 14.1. The Morgan fingerprint density at radius 2 is 2.28 bits per heavy atom. The van der Waals surface area contributed by atoms with Gasteiger partial charge < -0.3 is 10.3 Å². The van der Waals surface area contributed by atoms with Gasteiger partial charge in [-0.3, -0.25) is 0 Å². The summed E-state index contributed by atoms with van der Waals surface area (Å²) in [6.07, 6.45) is 5.72. The Morgan fingerprint density at radius 3 is 2.89 bits per heavy atom. The predicted octanol–water partition coefficient (Wildman–Crippen LogP) is 4.12. The fourth-order valence-corrected chi connectivity index (χ4v) is 4.89. The molecule has 0 aliphatic rings. The molecule has 0 saturated heterocycles. The van der Waals surface area contributed by atoms with E-state index in [0.717, 1.165) is 38.3 Å². The molecule has 2 aromatic rings. The van der Waals surface area contributed by atoms with Crippen molar-refractivity contribution >= 4 is 43.2 Å². The van der Waals surface area contributed by atoms with E-state index in [2.05, 4.69) is 54.4 Å². The summed E-state index contributed by atoms with van der Waals surface area (Å²) < 4.78 is 4.36. The van der Waals surface area contributed by atoms with Gasteiger partial charge in [0.1, 0.15) is 5.82 Å². The largest absolute Gasteiger partial charge is 0.335 e. The Bertz CT molecular complexity index is 521. The SMILES string of the molecule is CCCn1ccnc1CC(N)c1cc(Br)sc1Br. The third kappa shape index (κ3) is 3.23. The third-order valence-electron chi connectivity index (χ3n) is 2.75. The van der Waals surface area contributed by atoms with Crippen LogP contribution in [-0.2, 0) is 13.0 Å². The van der Waals surface area contributed by atoms with Crippen molar-refractivity contribution in [3.05, 3.63) is 37.4 Å². The van der Waals surface area contributed by atoms with Crippen molar-refractivity contribution in [2.24, 2.45) is 5.73 Å². The second kappa shape index (κ2) is 6.32. The predicted molar refractivity (Wildman–Crippen MR) is 82.9 cm³/mol. The first-order valence-electron chi connectivity index (χ1n) is 5.82. The maximum atomic E-state index is 6.27. The Kier molecular flexibility index (Phi) is 5.00. The van der Waals surface area contributed by atoms with Crippen LogP contribution in [-0.4, -0.2) is 9.55 Å². The van der Waals surface area contributed by atoms with Gasteiger partial charge in [0, 0.05) is 31.4 Å². The van der Waals surface area contributed by atoms with E-state index < -0.39 is 0 Å². The zero-order chi connectivity index (χ0) is 13.1. The van der Waals surface area contributed by atoms with Gasteiger partial charge in [0.25, 0.3) is 0 Å². The van der Waals surface area contributed by atoms with Crippen LogP contribution >= 0.6 is 43.2 Å².